The molecule has 5 rings (SSSR count). The Balaban J connectivity index is 1.33. The van der Waals surface area contributed by atoms with Crippen LogP contribution in [-0.4, -0.2) is 66.9 Å². The highest BCUT2D eigenvalue weighted by atomic mass is 32.2. The number of nitrogens with zero attached hydrogens (tertiary/aromatic N) is 1. The first-order valence-corrected chi connectivity index (χ1v) is 14.5. The summed E-state index contributed by atoms with van der Waals surface area (Å²) in [6.07, 6.45) is -3.51. The predicted octanol–water partition coefficient (Wildman–Crippen LogP) is 3.28. The van der Waals surface area contributed by atoms with Gasteiger partial charge in [-0.25, -0.2) is 8.78 Å². The van der Waals surface area contributed by atoms with E-state index in [1.165, 1.54) is 48.2 Å². The monoisotopic (exact) mass is 585 g/mol. The number of amides is 1. The molecule has 8 atom stereocenters. The van der Waals surface area contributed by atoms with Crippen LogP contribution in [0.1, 0.15) is 41.7 Å². The number of hydrogen-bond donors (Lipinski definition) is 5. The van der Waals surface area contributed by atoms with Gasteiger partial charge in [0.2, 0.25) is 5.91 Å². The van der Waals surface area contributed by atoms with Gasteiger partial charge in [-0.15, -0.1) is 11.8 Å². The summed E-state index contributed by atoms with van der Waals surface area (Å²) in [6.45, 7) is -0.322. The van der Waals surface area contributed by atoms with E-state index < -0.39 is 52.5 Å². The molecule has 0 radical (unpaired) electrons. The lowest BCUT2D eigenvalue weighted by Crippen LogP contribution is -2.55. The van der Waals surface area contributed by atoms with Crippen LogP contribution in [0.5, 0.6) is 0 Å². The highest BCUT2D eigenvalue weighted by molar-refractivity contribution is 8.00. The third-order valence-electron chi connectivity index (χ3n) is 8.07. The zero-order valence-corrected chi connectivity index (χ0v) is 22.9. The summed E-state index contributed by atoms with van der Waals surface area (Å²) < 4.78 is 26.9. The average Bonchev–Trinajstić information content (AvgIpc) is 2.98. The van der Waals surface area contributed by atoms with E-state index in [-0.39, 0.29) is 18.6 Å². The number of carbonyl (C=O) groups excluding carboxylic acids is 1. The van der Waals surface area contributed by atoms with Crippen LogP contribution >= 0.6 is 11.8 Å². The molecule has 0 bridgehead atoms. The number of aliphatic hydroxyl groups is 5. The maximum absolute atomic E-state index is 13.6. The molecule has 0 unspecified atom stereocenters. The van der Waals surface area contributed by atoms with Crippen molar-refractivity contribution in [3.8, 4) is 0 Å². The fourth-order valence-electron chi connectivity index (χ4n) is 5.72. The van der Waals surface area contributed by atoms with Crippen molar-refractivity contribution in [3.63, 3.8) is 0 Å². The maximum atomic E-state index is 13.6. The minimum Gasteiger partial charge on any atom is -0.395 e. The van der Waals surface area contributed by atoms with E-state index in [0.29, 0.717) is 30.5 Å². The highest BCUT2D eigenvalue weighted by Crippen LogP contribution is 2.46. The largest absolute Gasteiger partial charge is 0.395 e. The Labute approximate surface area is 241 Å². The zero-order chi connectivity index (χ0) is 29.3. The van der Waals surface area contributed by atoms with Crippen molar-refractivity contribution in [1.29, 1.82) is 0 Å². The molecule has 10 heteroatoms. The molecule has 2 heterocycles. The number of β-lactam (4-membered cyclic amide) rings is 1. The van der Waals surface area contributed by atoms with Crippen LogP contribution in [-0.2, 0) is 11.2 Å². The molecule has 1 amide bonds. The lowest BCUT2D eigenvalue weighted by Gasteiger charge is -2.48. The summed E-state index contributed by atoms with van der Waals surface area (Å²) in [5.41, 5.74) is 2.84. The molecular weight excluding hydrogens is 552 g/mol. The maximum Gasteiger partial charge on any atom is 0.233 e. The van der Waals surface area contributed by atoms with Crippen LogP contribution in [0, 0.1) is 17.6 Å². The Morgan fingerprint density at radius 3 is 2.00 bits per heavy atom. The molecule has 2 aliphatic heterocycles. The first-order chi connectivity index (χ1) is 19.7. The topological polar surface area (TPSA) is 121 Å². The first-order valence-electron chi connectivity index (χ1n) is 13.6. The molecule has 3 aromatic rings. The Morgan fingerprint density at radius 2 is 1.39 bits per heavy atom. The number of hydrogen-bond acceptors (Lipinski definition) is 7. The average molecular weight is 586 g/mol. The predicted molar refractivity (Wildman–Crippen MR) is 151 cm³/mol. The molecular formula is C31H33F2NO6S. The fraction of sp³-hybridized carbons (Fsp3) is 0.387. The van der Waals surface area contributed by atoms with Gasteiger partial charge in [0.15, 0.2) is 0 Å². The van der Waals surface area contributed by atoms with Gasteiger partial charge < -0.3 is 30.4 Å². The molecule has 41 heavy (non-hydrogen) atoms. The molecule has 0 spiro atoms. The van der Waals surface area contributed by atoms with E-state index in [1.807, 2.05) is 24.3 Å². The molecule has 0 saturated carbocycles. The van der Waals surface area contributed by atoms with E-state index in [2.05, 4.69) is 0 Å². The Bertz CT molecular complexity index is 1320. The van der Waals surface area contributed by atoms with Gasteiger partial charge in [0.05, 0.1) is 42.1 Å². The van der Waals surface area contributed by atoms with Crippen LogP contribution < -0.4 is 4.90 Å². The van der Waals surface area contributed by atoms with Crippen molar-refractivity contribution in [2.45, 2.75) is 60.2 Å². The smallest absolute Gasteiger partial charge is 0.233 e. The summed E-state index contributed by atoms with van der Waals surface area (Å²) in [6, 6.07) is 18.5. The summed E-state index contributed by atoms with van der Waals surface area (Å²) in [4.78, 5) is 14.9. The van der Waals surface area contributed by atoms with Gasteiger partial charge in [-0.05, 0) is 72.4 Å². The molecule has 218 valence electrons. The summed E-state index contributed by atoms with van der Waals surface area (Å²) in [5, 5.41) is 50.0. The number of rotatable bonds is 9. The quantitative estimate of drug-likeness (QED) is 0.245. The SMILES string of the molecule is O=C1[C@H](CC[C@H](O)c2ccc(F)cc2)[C@@H](c2ccc(C[C@@H]3S[C@H](CO)[C@@H](O)[C@H](O)[C@H]3O)cc2)N1c1ccc(F)cc1. The van der Waals surface area contributed by atoms with Crippen molar-refractivity contribution in [3.05, 3.63) is 101 Å². The molecule has 0 aromatic heterocycles. The van der Waals surface area contributed by atoms with Gasteiger partial charge in [-0.1, -0.05) is 36.4 Å². The third kappa shape index (κ3) is 6.18. The van der Waals surface area contributed by atoms with Gasteiger partial charge in [-0.3, -0.25) is 4.79 Å². The van der Waals surface area contributed by atoms with Gasteiger partial charge in [0, 0.05) is 10.9 Å². The molecule has 3 aromatic carbocycles. The molecule has 0 aliphatic carbocycles. The lowest BCUT2D eigenvalue weighted by molar-refractivity contribution is -0.131. The van der Waals surface area contributed by atoms with Gasteiger partial charge in [0.1, 0.15) is 17.7 Å². The van der Waals surface area contributed by atoms with Crippen LogP contribution in [0.2, 0.25) is 0 Å². The van der Waals surface area contributed by atoms with E-state index in [1.54, 1.807) is 17.0 Å². The van der Waals surface area contributed by atoms with Crippen LogP contribution in [0.15, 0.2) is 72.8 Å². The summed E-state index contributed by atoms with van der Waals surface area (Å²) in [7, 11) is 0. The highest BCUT2D eigenvalue weighted by Gasteiger charge is 2.48. The number of halogens is 2. The minimum atomic E-state index is -1.35. The normalized spacial score (nSPS) is 28.8. The van der Waals surface area contributed by atoms with E-state index in [9.17, 15) is 39.1 Å². The second kappa shape index (κ2) is 12.6. The van der Waals surface area contributed by atoms with E-state index in [4.69, 9.17) is 0 Å². The van der Waals surface area contributed by atoms with Crippen LogP contribution in [0.3, 0.4) is 0 Å². The second-order valence-corrected chi connectivity index (χ2v) is 12.2. The zero-order valence-electron chi connectivity index (χ0n) is 22.1. The van der Waals surface area contributed by atoms with Crippen molar-refractivity contribution in [1.82, 2.24) is 0 Å². The number of thioether (sulfide) groups is 1. The standard InChI is InChI=1S/C31H33F2NO6S/c32-20-7-5-18(6-8-20)24(36)14-13-23-27(34(31(23)40)22-11-9-21(33)10-12-22)19-3-1-17(2-4-19)15-25-28(37)30(39)29(38)26(16-35)41-25/h1-12,23-30,35-39H,13-16H2/t23-,24+,25+,26-,27-,28+,29-,30-/m1/s1. The van der Waals surface area contributed by atoms with E-state index >= 15 is 0 Å². The lowest BCUT2D eigenvalue weighted by atomic mass is 9.78. The van der Waals surface area contributed by atoms with Gasteiger partial charge in [0.25, 0.3) is 0 Å². The number of benzene rings is 3. The Kier molecular flexibility index (Phi) is 9.08. The number of anilines is 1. The van der Waals surface area contributed by atoms with Crippen molar-refractivity contribution in [2.75, 3.05) is 11.5 Å². The molecule has 2 aliphatic rings. The van der Waals surface area contributed by atoms with Crippen LogP contribution in [0.4, 0.5) is 14.5 Å². The second-order valence-electron chi connectivity index (χ2n) is 10.7. The van der Waals surface area contributed by atoms with Gasteiger partial charge >= 0.3 is 0 Å². The van der Waals surface area contributed by atoms with E-state index in [0.717, 1.165) is 11.1 Å². The van der Waals surface area contributed by atoms with Crippen molar-refractivity contribution in [2.24, 2.45) is 5.92 Å². The Morgan fingerprint density at radius 1 is 0.805 bits per heavy atom. The van der Waals surface area contributed by atoms with Crippen LogP contribution in [0.25, 0.3) is 0 Å². The summed E-state index contributed by atoms with van der Waals surface area (Å²) >= 11 is 1.24. The molecule has 2 fully saturated rings. The Hall–Kier alpha value is -2.86. The molecule has 5 N–H and O–H groups in total. The molecule has 7 nitrogen and oxygen atoms in total. The minimum absolute atomic E-state index is 0.138. The van der Waals surface area contributed by atoms with Crippen molar-refractivity contribution < 1.29 is 39.1 Å². The summed E-state index contributed by atoms with van der Waals surface area (Å²) in [5.74, 6) is -1.38. The van der Waals surface area contributed by atoms with Crippen molar-refractivity contribution >= 4 is 23.4 Å². The third-order valence-corrected chi connectivity index (χ3v) is 9.65. The number of carbonyl (C=O) groups is 1. The first kappa shape index (κ1) is 29.6. The van der Waals surface area contributed by atoms with Gasteiger partial charge in [-0.2, -0.15) is 0 Å². The number of aliphatic hydroxyl groups excluding tert-OH is 5. The fourth-order valence-corrected chi connectivity index (χ4v) is 7.19. The molecule has 2 saturated heterocycles.